The van der Waals surface area contributed by atoms with Gasteiger partial charge in [-0.15, -0.1) is 0 Å². The summed E-state index contributed by atoms with van der Waals surface area (Å²) in [5, 5.41) is 3.33. The Kier molecular flexibility index (Phi) is 5.66. The molecule has 1 N–H and O–H groups in total. The number of hydrogen-bond acceptors (Lipinski definition) is 2. The van der Waals surface area contributed by atoms with E-state index in [1.165, 1.54) is 5.75 Å². The van der Waals surface area contributed by atoms with Crippen LogP contribution in [-0.2, 0) is 0 Å². The minimum absolute atomic E-state index is 0.641. The monoisotopic (exact) mass is 133 g/mol. The van der Waals surface area contributed by atoms with E-state index < -0.39 is 0 Å². The van der Waals surface area contributed by atoms with Gasteiger partial charge in [-0.2, -0.15) is 11.8 Å². The first kappa shape index (κ1) is 8.31. The van der Waals surface area contributed by atoms with Gasteiger partial charge in [0.2, 0.25) is 0 Å². The molecule has 0 saturated carbocycles. The van der Waals surface area contributed by atoms with E-state index in [-0.39, 0.29) is 0 Å². The highest BCUT2D eigenvalue weighted by molar-refractivity contribution is 7.98. The van der Waals surface area contributed by atoms with Gasteiger partial charge in [0, 0.05) is 18.3 Å². The van der Waals surface area contributed by atoms with Gasteiger partial charge in [0.15, 0.2) is 0 Å². The maximum atomic E-state index is 3.33. The van der Waals surface area contributed by atoms with Gasteiger partial charge in [0.05, 0.1) is 0 Å². The summed E-state index contributed by atoms with van der Waals surface area (Å²) in [5.74, 6) is 1.22. The smallest absolute Gasteiger partial charge is 0.00554 e. The lowest BCUT2D eigenvalue weighted by molar-refractivity contribution is 0.616. The van der Waals surface area contributed by atoms with Crippen LogP contribution >= 0.6 is 11.8 Å². The van der Waals surface area contributed by atoms with Gasteiger partial charge in [0.1, 0.15) is 0 Å². The molecule has 0 heterocycles. The molecule has 0 aliphatic carbocycles. The van der Waals surface area contributed by atoms with Crippen molar-refractivity contribution in [3.63, 3.8) is 0 Å². The van der Waals surface area contributed by atoms with Crippen molar-refractivity contribution in [1.82, 2.24) is 5.32 Å². The molecule has 0 rings (SSSR count). The van der Waals surface area contributed by atoms with Gasteiger partial charge in [-0.25, -0.2) is 0 Å². The molecule has 0 amide bonds. The van der Waals surface area contributed by atoms with E-state index in [4.69, 9.17) is 0 Å². The molecule has 0 aromatic rings. The molecule has 0 radical (unpaired) electrons. The Morgan fingerprint density at radius 3 is 2.50 bits per heavy atom. The zero-order valence-electron chi connectivity index (χ0n) is 5.90. The maximum Gasteiger partial charge on any atom is 0.00554 e. The third-order valence-corrected chi connectivity index (χ3v) is 1.47. The quantitative estimate of drug-likeness (QED) is 0.581. The lowest BCUT2D eigenvalue weighted by Crippen LogP contribution is -2.24. The number of thioether (sulfide) groups is 1. The van der Waals surface area contributed by atoms with Crippen molar-refractivity contribution in [2.24, 2.45) is 0 Å². The molecule has 8 heavy (non-hydrogen) atoms. The third kappa shape index (κ3) is 6.31. The summed E-state index contributed by atoms with van der Waals surface area (Å²) in [6.45, 7) is 5.47. The first-order chi connectivity index (χ1) is 3.77. The average Bonchev–Trinajstić information content (AvgIpc) is 1.66. The summed E-state index contributed by atoms with van der Waals surface area (Å²) in [6, 6.07) is 0.641. The van der Waals surface area contributed by atoms with Crippen LogP contribution in [0.1, 0.15) is 13.8 Å². The molecular formula is C6H15NS. The summed E-state index contributed by atoms with van der Waals surface area (Å²) in [6.07, 6.45) is 2.13. The Morgan fingerprint density at radius 1 is 1.50 bits per heavy atom. The zero-order chi connectivity index (χ0) is 6.41. The molecule has 50 valence electrons. The molecule has 0 atom stereocenters. The topological polar surface area (TPSA) is 12.0 Å². The van der Waals surface area contributed by atoms with Gasteiger partial charge in [-0.3, -0.25) is 0 Å². The standard InChI is InChI=1S/C6H15NS/c1-6(2)7-4-5-8-3/h6-7H,4-5H2,1-3H3. The molecule has 2 heteroatoms. The number of hydrogen-bond donors (Lipinski definition) is 1. The predicted octanol–water partition coefficient (Wildman–Crippen LogP) is 1.35. The van der Waals surface area contributed by atoms with Crippen LogP contribution in [0.4, 0.5) is 0 Å². The molecule has 1 nitrogen and oxygen atoms in total. The predicted molar refractivity (Wildman–Crippen MR) is 41.5 cm³/mol. The Morgan fingerprint density at radius 2 is 2.12 bits per heavy atom. The first-order valence-electron chi connectivity index (χ1n) is 2.99. The highest BCUT2D eigenvalue weighted by atomic mass is 32.2. The van der Waals surface area contributed by atoms with Gasteiger partial charge in [0.25, 0.3) is 0 Å². The maximum absolute atomic E-state index is 3.33. The fourth-order valence-corrected chi connectivity index (χ4v) is 0.772. The van der Waals surface area contributed by atoms with E-state index in [0.29, 0.717) is 6.04 Å². The zero-order valence-corrected chi connectivity index (χ0v) is 6.72. The fourth-order valence-electron chi connectivity index (χ4n) is 0.450. The lowest BCUT2D eigenvalue weighted by Gasteiger charge is -2.04. The van der Waals surface area contributed by atoms with E-state index >= 15 is 0 Å². The molecule has 0 bridgehead atoms. The Balaban J connectivity index is 2.72. The molecule has 0 unspecified atom stereocenters. The second kappa shape index (κ2) is 5.45. The molecule has 0 aliphatic heterocycles. The SMILES string of the molecule is CSCCNC(C)C. The van der Waals surface area contributed by atoms with E-state index in [1.807, 2.05) is 11.8 Å². The molecule has 0 saturated heterocycles. The molecule has 0 fully saturated rings. The van der Waals surface area contributed by atoms with Crippen LogP contribution in [0.3, 0.4) is 0 Å². The van der Waals surface area contributed by atoms with Crippen LogP contribution in [0.15, 0.2) is 0 Å². The summed E-state index contributed by atoms with van der Waals surface area (Å²) >= 11 is 1.88. The summed E-state index contributed by atoms with van der Waals surface area (Å²) in [5.41, 5.74) is 0. The molecule has 0 aromatic heterocycles. The lowest BCUT2D eigenvalue weighted by atomic mass is 10.4. The summed E-state index contributed by atoms with van der Waals surface area (Å²) in [4.78, 5) is 0. The van der Waals surface area contributed by atoms with E-state index in [9.17, 15) is 0 Å². The summed E-state index contributed by atoms with van der Waals surface area (Å²) in [7, 11) is 0. The van der Waals surface area contributed by atoms with Crippen LogP contribution in [-0.4, -0.2) is 24.6 Å². The summed E-state index contributed by atoms with van der Waals surface area (Å²) < 4.78 is 0. The Bertz CT molecular complexity index is 45.8. The molecule has 0 spiro atoms. The van der Waals surface area contributed by atoms with Crippen LogP contribution in [0.5, 0.6) is 0 Å². The molecule has 0 aromatic carbocycles. The minimum Gasteiger partial charge on any atom is -0.314 e. The third-order valence-electron chi connectivity index (χ3n) is 0.859. The minimum atomic E-state index is 0.641. The van der Waals surface area contributed by atoms with Crippen LogP contribution in [0.25, 0.3) is 0 Å². The second-order valence-electron chi connectivity index (χ2n) is 2.10. The second-order valence-corrected chi connectivity index (χ2v) is 3.09. The highest BCUT2D eigenvalue weighted by Gasteiger charge is 1.87. The van der Waals surface area contributed by atoms with Crippen LogP contribution in [0, 0.1) is 0 Å². The normalized spacial score (nSPS) is 10.5. The van der Waals surface area contributed by atoms with Crippen molar-refractivity contribution in [3.05, 3.63) is 0 Å². The van der Waals surface area contributed by atoms with Crippen molar-refractivity contribution in [3.8, 4) is 0 Å². The van der Waals surface area contributed by atoms with Crippen molar-refractivity contribution >= 4 is 11.8 Å². The van der Waals surface area contributed by atoms with E-state index in [0.717, 1.165) is 6.54 Å². The van der Waals surface area contributed by atoms with Crippen LogP contribution in [0.2, 0.25) is 0 Å². The van der Waals surface area contributed by atoms with Crippen molar-refractivity contribution in [2.45, 2.75) is 19.9 Å². The van der Waals surface area contributed by atoms with Gasteiger partial charge >= 0.3 is 0 Å². The molecular weight excluding hydrogens is 118 g/mol. The Labute approximate surface area is 56.2 Å². The van der Waals surface area contributed by atoms with E-state index in [1.54, 1.807) is 0 Å². The van der Waals surface area contributed by atoms with Gasteiger partial charge in [-0.05, 0) is 6.26 Å². The van der Waals surface area contributed by atoms with Crippen LogP contribution < -0.4 is 5.32 Å². The Hall–Kier alpha value is 0.310. The van der Waals surface area contributed by atoms with Crippen molar-refractivity contribution < 1.29 is 0 Å². The average molecular weight is 133 g/mol. The highest BCUT2D eigenvalue weighted by Crippen LogP contribution is 1.87. The largest absolute Gasteiger partial charge is 0.314 e. The number of nitrogens with one attached hydrogen (secondary N) is 1. The first-order valence-corrected chi connectivity index (χ1v) is 4.39. The number of rotatable bonds is 4. The van der Waals surface area contributed by atoms with Gasteiger partial charge < -0.3 is 5.32 Å². The fraction of sp³-hybridized carbons (Fsp3) is 1.00. The van der Waals surface area contributed by atoms with E-state index in [2.05, 4.69) is 25.4 Å². The molecule has 0 aliphatic rings. The van der Waals surface area contributed by atoms with Crippen molar-refractivity contribution in [1.29, 1.82) is 0 Å². The van der Waals surface area contributed by atoms with Gasteiger partial charge in [-0.1, -0.05) is 13.8 Å². The van der Waals surface area contributed by atoms with Crippen molar-refractivity contribution in [2.75, 3.05) is 18.6 Å².